The summed E-state index contributed by atoms with van der Waals surface area (Å²) in [6, 6.07) is 8.85. The highest BCUT2D eigenvalue weighted by Gasteiger charge is 2.31. The van der Waals surface area contributed by atoms with E-state index in [1.807, 2.05) is 0 Å². The van der Waals surface area contributed by atoms with Gasteiger partial charge in [0, 0.05) is 43.7 Å². The molecule has 1 aliphatic heterocycles. The maximum Gasteiger partial charge on any atom is 0.225 e. The molecule has 1 aromatic heterocycles. The number of hydrogen-bond donors (Lipinski definition) is 0. The predicted octanol–water partition coefficient (Wildman–Crippen LogP) is 3.00. The van der Waals surface area contributed by atoms with Gasteiger partial charge in [-0.1, -0.05) is 12.5 Å². The van der Waals surface area contributed by atoms with Crippen LogP contribution < -0.4 is 0 Å². The van der Waals surface area contributed by atoms with Crippen LogP contribution in [0.5, 0.6) is 0 Å². The molecule has 0 unspecified atom stereocenters. The van der Waals surface area contributed by atoms with Gasteiger partial charge in [-0.3, -0.25) is 4.79 Å². The smallest absolute Gasteiger partial charge is 0.225 e. The summed E-state index contributed by atoms with van der Waals surface area (Å²) in [5.74, 6) is 1.03. The lowest BCUT2D eigenvalue weighted by Crippen LogP contribution is -2.42. The molecule has 0 radical (unpaired) electrons. The molecule has 0 N–H and O–H groups in total. The molecule has 4 rings (SSSR count). The molecule has 2 fully saturated rings. The first-order valence-corrected chi connectivity index (χ1v) is 9.11. The fourth-order valence-corrected chi connectivity index (χ4v) is 3.91. The van der Waals surface area contributed by atoms with E-state index in [9.17, 15) is 4.79 Å². The number of carbonyl (C=O) groups is 1. The molecule has 0 spiro atoms. The zero-order chi connectivity index (χ0) is 16.5. The second-order valence-corrected chi connectivity index (χ2v) is 7.38. The van der Waals surface area contributed by atoms with E-state index in [0.717, 1.165) is 39.0 Å². The van der Waals surface area contributed by atoms with Gasteiger partial charge >= 0.3 is 0 Å². The number of ether oxygens (including phenoxy) is 1. The molecule has 1 atom stereocenters. The van der Waals surface area contributed by atoms with Gasteiger partial charge < -0.3 is 14.2 Å². The number of nitrogens with zero attached hydrogens (tertiary/aromatic N) is 2. The van der Waals surface area contributed by atoms with Crippen LogP contribution in [0.15, 0.2) is 30.5 Å². The SMILES string of the molecule is Cn1ccc2cc(C[C@@H]3COCCN(C(=O)C4CCC4)C3)ccc21. The highest BCUT2D eigenvalue weighted by Crippen LogP contribution is 2.29. The van der Waals surface area contributed by atoms with Gasteiger partial charge in [-0.25, -0.2) is 0 Å². The Kier molecular flexibility index (Phi) is 4.31. The van der Waals surface area contributed by atoms with E-state index in [-0.39, 0.29) is 5.92 Å². The molecule has 1 aromatic carbocycles. The standard InChI is InChI=1S/C20H26N2O2/c1-21-8-7-18-12-15(5-6-19(18)21)11-16-13-22(9-10-24-14-16)20(23)17-3-2-4-17/h5-8,12,16-17H,2-4,9-11,13-14H2,1H3/t16-/m0/s1. The molecule has 1 aliphatic carbocycles. The van der Waals surface area contributed by atoms with E-state index in [0.29, 0.717) is 18.4 Å². The van der Waals surface area contributed by atoms with E-state index < -0.39 is 0 Å². The zero-order valence-corrected chi connectivity index (χ0v) is 14.4. The number of amides is 1. The molecule has 1 amide bonds. The highest BCUT2D eigenvalue weighted by molar-refractivity contribution is 5.81. The van der Waals surface area contributed by atoms with Crippen LogP contribution in [0.1, 0.15) is 24.8 Å². The van der Waals surface area contributed by atoms with Gasteiger partial charge in [-0.05, 0) is 48.4 Å². The number of benzene rings is 1. The summed E-state index contributed by atoms with van der Waals surface area (Å²) >= 11 is 0. The van der Waals surface area contributed by atoms with Gasteiger partial charge in [-0.2, -0.15) is 0 Å². The van der Waals surface area contributed by atoms with Crippen LogP contribution in [-0.4, -0.2) is 41.7 Å². The molecule has 128 valence electrons. The normalized spacial score (nSPS) is 22.4. The van der Waals surface area contributed by atoms with E-state index in [4.69, 9.17) is 4.74 Å². The Labute approximate surface area is 143 Å². The third-order valence-corrected chi connectivity index (χ3v) is 5.58. The minimum atomic E-state index is 0.282. The molecule has 2 aromatic rings. The lowest BCUT2D eigenvalue weighted by molar-refractivity contribution is -0.138. The van der Waals surface area contributed by atoms with Gasteiger partial charge in [0.2, 0.25) is 5.91 Å². The first kappa shape index (κ1) is 15.7. The van der Waals surface area contributed by atoms with Crippen molar-refractivity contribution in [3.05, 3.63) is 36.0 Å². The van der Waals surface area contributed by atoms with E-state index in [2.05, 4.69) is 47.0 Å². The lowest BCUT2D eigenvalue weighted by Gasteiger charge is -2.32. The molecule has 1 saturated carbocycles. The van der Waals surface area contributed by atoms with Gasteiger partial charge in [0.05, 0.1) is 13.2 Å². The van der Waals surface area contributed by atoms with Crippen LogP contribution in [-0.2, 0) is 23.0 Å². The molecule has 4 heteroatoms. The number of aromatic nitrogens is 1. The van der Waals surface area contributed by atoms with Crippen LogP contribution in [0.2, 0.25) is 0 Å². The summed E-state index contributed by atoms with van der Waals surface area (Å²) in [6.45, 7) is 3.01. The summed E-state index contributed by atoms with van der Waals surface area (Å²) in [6.07, 6.45) is 6.43. The Balaban J connectivity index is 1.46. The van der Waals surface area contributed by atoms with Crippen LogP contribution in [0, 0.1) is 11.8 Å². The fourth-order valence-electron chi connectivity index (χ4n) is 3.91. The van der Waals surface area contributed by atoms with Gasteiger partial charge in [0.15, 0.2) is 0 Å². The highest BCUT2D eigenvalue weighted by atomic mass is 16.5. The topological polar surface area (TPSA) is 34.5 Å². The van der Waals surface area contributed by atoms with Crippen LogP contribution in [0.3, 0.4) is 0 Å². The van der Waals surface area contributed by atoms with Crippen molar-refractivity contribution in [2.24, 2.45) is 18.9 Å². The number of hydrogen-bond acceptors (Lipinski definition) is 2. The summed E-state index contributed by atoms with van der Waals surface area (Å²) in [7, 11) is 2.07. The lowest BCUT2D eigenvalue weighted by atomic mass is 9.84. The van der Waals surface area contributed by atoms with Gasteiger partial charge in [0.25, 0.3) is 0 Å². The Hall–Kier alpha value is -1.81. The number of carbonyl (C=O) groups excluding carboxylic acids is 1. The minimum absolute atomic E-state index is 0.282. The minimum Gasteiger partial charge on any atom is -0.379 e. The van der Waals surface area contributed by atoms with Crippen LogP contribution >= 0.6 is 0 Å². The number of fused-ring (bicyclic) bond motifs is 1. The molecular weight excluding hydrogens is 300 g/mol. The molecule has 2 heterocycles. The summed E-state index contributed by atoms with van der Waals surface area (Å²) in [5, 5.41) is 1.28. The second kappa shape index (κ2) is 6.60. The largest absolute Gasteiger partial charge is 0.379 e. The molecule has 0 bridgehead atoms. The first-order valence-electron chi connectivity index (χ1n) is 9.11. The van der Waals surface area contributed by atoms with Crippen LogP contribution in [0.25, 0.3) is 10.9 Å². The van der Waals surface area contributed by atoms with Crippen molar-refractivity contribution in [2.75, 3.05) is 26.3 Å². The Morgan fingerprint density at radius 3 is 2.96 bits per heavy atom. The van der Waals surface area contributed by atoms with Crippen molar-refractivity contribution in [1.29, 1.82) is 0 Å². The maximum absolute atomic E-state index is 12.6. The molecular formula is C20H26N2O2. The van der Waals surface area contributed by atoms with Gasteiger partial charge in [-0.15, -0.1) is 0 Å². The van der Waals surface area contributed by atoms with Crippen molar-refractivity contribution < 1.29 is 9.53 Å². The van der Waals surface area contributed by atoms with E-state index in [1.54, 1.807) is 0 Å². The average molecular weight is 326 g/mol. The molecule has 4 nitrogen and oxygen atoms in total. The second-order valence-electron chi connectivity index (χ2n) is 7.38. The van der Waals surface area contributed by atoms with Crippen molar-refractivity contribution in [1.82, 2.24) is 9.47 Å². The molecule has 2 aliphatic rings. The average Bonchev–Trinajstić information content (AvgIpc) is 2.74. The Morgan fingerprint density at radius 1 is 1.29 bits per heavy atom. The fraction of sp³-hybridized carbons (Fsp3) is 0.550. The summed E-state index contributed by atoms with van der Waals surface area (Å²) in [4.78, 5) is 14.6. The zero-order valence-electron chi connectivity index (χ0n) is 14.4. The number of rotatable bonds is 3. The monoisotopic (exact) mass is 326 g/mol. The predicted molar refractivity (Wildman–Crippen MR) is 94.9 cm³/mol. The number of aryl methyl sites for hydroxylation is 1. The summed E-state index contributed by atoms with van der Waals surface area (Å²) < 4.78 is 7.93. The third kappa shape index (κ3) is 3.07. The van der Waals surface area contributed by atoms with Crippen molar-refractivity contribution >= 4 is 16.8 Å². The van der Waals surface area contributed by atoms with Crippen molar-refractivity contribution in [3.63, 3.8) is 0 Å². The van der Waals surface area contributed by atoms with Crippen molar-refractivity contribution in [3.8, 4) is 0 Å². The first-order chi connectivity index (χ1) is 11.7. The van der Waals surface area contributed by atoms with Gasteiger partial charge in [0.1, 0.15) is 0 Å². The molecule has 1 saturated heterocycles. The maximum atomic E-state index is 12.6. The summed E-state index contributed by atoms with van der Waals surface area (Å²) in [5.41, 5.74) is 2.60. The quantitative estimate of drug-likeness (QED) is 0.869. The van der Waals surface area contributed by atoms with Crippen LogP contribution in [0.4, 0.5) is 0 Å². The third-order valence-electron chi connectivity index (χ3n) is 5.58. The van der Waals surface area contributed by atoms with E-state index >= 15 is 0 Å². The van der Waals surface area contributed by atoms with Crippen molar-refractivity contribution in [2.45, 2.75) is 25.7 Å². The Morgan fingerprint density at radius 2 is 2.17 bits per heavy atom. The molecule has 24 heavy (non-hydrogen) atoms. The van der Waals surface area contributed by atoms with E-state index in [1.165, 1.54) is 22.9 Å². The Bertz CT molecular complexity index is 732.